The van der Waals surface area contributed by atoms with Gasteiger partial charge in [0, 0.05) is 9.49 Å². The summed E-state index contributed by atoms with van der Waals surface area (Å²) >= 11 is 2.00. The molecule has 0 aliphatic rings. The molecule has 0 saturated heterocycles. The van der Waals surface area contributed by atoms with Crippen LogP contribution in [0.1, 0.15) is 20.3 Å². The molecular weight excluding hydrogens is 308 g/mol. The summed E-state index contributed by atoms with van der Waals surface area (Å²) < 4.78 is 13.5. The second-order valence-electron chi connectivity index (χ2n) is 3.42. The Kier molecular flexibility index (Phi) is 4.50. The van der Waals surface area contributed by atoms with Gasteiger partial charge in [-0.3, -0.25) is 4.79 Å². The van der Waals surface area contributed by atoms with Crippen molar-refractivity contribution < 1.29 is 9.18 Å². The first kappa shape index (κ1) is 12.4. The molecule has 0 aromatic heterocycles. The van der Waals surface area contributed by atoms with E-state index in [1.165, 1.54) is 12.1 Å². The fraction of sp³-hybridized carbons (Fsp3) is 0.364. The number of halogens is 2. The largest absolute Gasteiger partial charge is 0.325 e. The van der Waals surface area contributed by atoms with E-state index in [0.717, 1.165) is 6.42 Å². The van der Waals surface area contributed by atoms with Crippen LogP contribution in [0.5, 0.6) is 0 Å². The molecule has 1 amide bonds. The van der Waals surface area contributed by atoms with Gasteiger partial charge in [-0.05, 0) is 47.2 Å². The predicted octanol–water partition coefficient (Wildman–Crippen LogP) is 3.41. The zero-order valence-corrected chi connectivity index (χ0v) is 10.8. The number of anilines is 1. The SMILES string of the molecule is CCC(C)C(=O)Nc1ccc(F)cc1I. The maximum atomic E-state index is 12.8. The maximum absolute atomic E-state index is 12.8. The van der Waals surface area contributed by atoms with E-state index in [2.05, 4.69) is 5.32 Å². The van der Waals surface area contributed by atoms with E-state index in [4.69, 9.17) is 0 Å². The molecular formula is C11H13FINO. The molecule has 4 heteroatoms. The lowest BCUT2D eigenvalue weighted by molar-refractivity contribution is -0.119. The van der Waals surface area contributed by atoms with Crippen LogP contribution in [0.4, 0.5) is 10.1 Å². The number of hydrogen-bond acceptors (Lipinski definition) is 1. The van der Waals surface area contributed by atoms with Crippen LogP contribution in [0.3, 0.4) is 0 Å². The molecule has 15 heavy (non-hydrogen) atoms. The average Bonchev–Trinajstić information content (AvgIpc) is 2.20. The second kappa shape index (κ2) is 5.44. The third kappa shape index (κ3) is 3.44. The molecule has 0 aliphatic heterocycles. The average molecular weight is 321 g/mol. The lowest BCUT2D eigenvalue weighted by Crippen LogP contribution is -2.20. The van der Waals surface area contributed by atoms with Crippen molar-refractivity contribution in [2.45, 2.75) is 20.3 Å². The van der Waals surface area contributed by atoms with Gasteiger partial charge >= 0.3 is 0 Å². The first-order chi connectivity index (χ1) is 7.04. The normalized spacial score (nSPS) is 12.3. The number of amides is 1. The number of hydrogen-bond donors (Lipinski definition) is 1. The van der Waals surface area contributed by atoms with E-state index in [1.807, 2.05) is 36.4 Å². The molecule has 0 aliphatic carbocycles. The van der Waals surface area contributed by atoms with Gasteiger partial charge in [0.25, 0.3) is 0 Å². The van der Waals surface area contributed by atoms with Crippen LogP contribution in [-0.2, 0) is 4.79 Å². The molecule has 0 heterocycles. The number of carbonyl (C=O) groups is 1. The quantitative estimate of drug-likeness (QED) is 0.849. The van der Waals surface area contributed by atoms with E-state index < -0.39 is 0 Å². The van der Waals surface area contributed by atoms with Gasteiger partial charge in [0.1, 0.15) is 5.82 Å². The Morgan fingerprint density at radius 3 is 2.80 bits per heavy atom. The van der Waals surface area contributed by atoms with Crippen molar-refractivity contribution in [3.8, 4) is 0 Å². The minimum atomic E-state index is -0.291. The Labute approximate surface area is 102 Å². The van der Waals surface area contributed by atoms with Gasteiger partial charge in [0.15, 0.2) is 0 Å². The summed E-state index contributed by atoms with van der Waals surface area (Å²) in [6, 6.07) is 4.32. The van der Waals surface area contributed by atoms with Crippen LogP contribution >= 0.6 is 22.6 Å². The van der Waals surface area contributed by atoms with Crippen molar-refractivity contribution in [2.24, 2.45) is 5.92 Å². The monoisotopic (exact) mass is 321 g/mol. The third-order valence-corrected chi connectivity index (χ3v) is 3.14. The second-order valence-corrected chi connectivity index (χ2v) is 4.58. The molecule has 2 nitrogen and oxygen atoms in total. The summed E-state index contributed by atoms with van der Waals surface area (Å²) in [4.78, 5) is 11.6. The minimum absolute atomic E-state index is 0.0224. The molecule has 0 saturated carbocycles. The lowest BCUT2D eigenvalue weighted by Gasteiger charge is -2.11. The zero-order valence-electron chi connectivity index (χ0n) is 8.68. The van der Waals surface area contributed by atoms with Crippen molar-refractivity contribution in [1.82, 2.24) is 0 Å². The number of carbonyl (C=O) groups excluding carboxylic acids is 1. The molecule has 0 radical (unpaired) electrons. The summed E-state index contributed by atoms with van der Waals surface area (Å²) in [7, 11) is 0. The van der Waals surface area contributed by atoms with Crippen molar-refractivity contribution in [3.05, 3.63) is 27.6 Å². The van der Waals surface area contributed by atoms with Crippen molar-refractivity contribution in [2.75, 3.05) is 5.32 Å². The first-order valence-corrected chi connectivity index (χ1v) is 5.88. The summed E-state index contributed by atoms with van der Waals surface area (Å²) in [6.45, 7) is 3.82. The summed E-state index contributed by atoms with van der Waals surface area (Å²) in [6.07, 6.45) is 0.795. The summed E-state index contributed by atoms with van der Waals surface area (Å²) in [5.74, 6) is -0.339. The molecule has 1 aromatic rings. The number of rotatable bonds is 3. The molecule has 82 valence electrons. The van der Waals surface area contributed by atoms with Gasteiger partial charge in [-0.25, -0.2) is 4.39 Å². The van der Waals surface area contributed by atoms with Gasteiger partial charge in [-0.1, -0.05) is 13.8 Å². The highest BCUT2D eigenvalue weighted by atomic mass is 127. The van der Waals surface area contributed by atoms with Crippen molar-refractivity contribution in [1.29, 1.82) is 0 Å². The van der Waals surface area contributed by atoms with Crippen LogP contribution in [0.15, 0.2) is 18.2 Å². The van der Waals surface area contributed by atoms with Crippen LogP contribution in [0, 0.1) is 15.3 Å². The topological polar surface area (TPSA) is 29.1 Å². The Hall–Kier alpha value is -0.650. The summed E-state index contributed by atoms with van der Waals surface area (Å²) in [5.41, 5.74) is 0.669. The van der Waals surface area contributed by atoms with Crippen molar-refractivity contribution in [3.63, 3.8) is 0 Å². The predicted molar refractivity (Wildman–Crippen MR) is 67.2 cm³/mol. The molecule has 1 unspecified atom stereocenters. The number of nitrogens with one attached hydrogen (secondary N) is 1. The van der Waals surface area contributed by atoms with Gasteiger partial charge in [0.2, 0.25) is 5.91 Å². The van der Waals surface area contributed by atoms with Crippen molar-refractivity contribution >= 4 is 34.2 Å². The fourth-order valence-corrected chi connectivity index (χ4v) is 1.64. The van der Waals surface area contributed by atoms with Crippen LogP contribution in [0.25, 0.3) is 0 Å². The van der Waals surface area contributed by atoms with E-state index in [-0.39, 0.29) is 17.6 Å². The highest BCUT2D eigenvalue weighted by Gasteiger charge is 2.12. The first-order valence-electron chi connectivity index (χ1n) is 4.80. The number of benzene rings is 1. The fourth-order valence-electron chi connectivity index (χ4n) is 1.03. The van der Waals surface area contributed by atoms with Crippen LogP contribution in [-0.4, -0.2) is 5.91 Å². The zero-order chi connectivity index (χ0) is 11.4. The van der Waals surface area contributed by atoms with Gasteiger partial charge in [-0.2, -0.15) is 0 Å². The van der Waals surface area contributed by atoms with Gasteiger partial charge in [-0.15, -0.1) is 0 Å². The molecule has 1 atom stereocenters. The maximum Gasteiger partial charge on any atom is 0.227 e. The van der Waals surface area contributed by atoms with Gasteiger partial charge < -0.3 is 5.32 Å². The van der Waals surface area contributed by atoms with Gasteiger partial charge in [0.05, 0.1) is 5.69 Å². The molecule has 1 aromatic carbocycles. The molecule has 0 bridgehead atoms. The third-order valence-electron chi connectivity index (χ3n) is 2.25. The smallest absolute Gasteiger partial charge is 0.227 e. The molecule has 1 N–H and O–H groups in total. The Balaban J connectivity index is 2.77. The molecule has 0 fully saturated rings. The molecule has 0 spiro atoms. The van der Waals surface area contributed by atoms with E-state index in [9.17, 15) is 9.18 Å². The minimum Gasteiger partial charge on any atom is -0.325 e. The highest BCUT2D eigenvalue weighted by molar-refractivity contribution is 14.1. The van der Waals surface area contributed by atoms with E-state index in [0.29, 0.717) is 9.26 Å². The van der Waals surface area contributed by atoms with E-state index in [1.54, 1.807) is 6.07 Å². The Bertz CT molecular complexity index is 368. The molecule has 1 rings (SSSR count). The Morgan fingerprint density at radius 2 is 2.27 bits per heavy atom. The highest BCUT2D eigenvalue weighted by Crippen LogP contribution is 2.19. The Morgan fingerprint density at radius 1 is 1.60 bits per heavy atom. The van der Waals surface area contributed by atoms with E-state index >= 15 is 0 Å². The summed E-state index contributed by atoms with van der Waals surface area (Å²) in [5, 5.41) is 2.78. The van der Waals surface area contributed by atoms with Crippen LogP contribution < -0.4 is 5.32 Å². The lowest BCUT2D eigenvalue weighted by atomic mass is 10.1. The standard InChI is InChI=1S/C11H13FINO/c1-3-7(2)11(15)14-10-5-4-8(12)6-9(10)13/h4-7H,3H2,1-2H3,(H,14,15). The van der Waals surface area contributed by atoms with Crippen LogP contribution in [0.2, 0.25) is 0 Å².